The Balaban J connectivity index is 1.88. The fraction of sp³-hybridized carbons (Fsp3) is 0.385. The molecule has 1 aromatic rings. The molecule has 1 saturated heterocycles. The zero-order valence-electron chi connectivity index (χ0n) is 9.99. The maximum Gasteiger partial charge on any atom is 0.239 e. The molecule has 0 spiro atoms. The van der Waals surface area contributed by atoms with E-state index >= 15 is 0 Å². The monoisotopic (exact) mass is 250 g/mol. The van der Waals surface area contributed by atoms with Crippen molar-refractivity contribution < 1.29 is 14.0 Å². The third-order valence-corrected chi connectivity index (χ3v) is 2.96. The smallest absolute Gasteiger partial charge is 0.239 e. The number of rotatable bonds is 3. The first-order valence-corrected chi connectivity index (χ1v) is 5.94. The van der Waals surface area contributed by atoms with Crippen LogP contribution < -0.4 is 5.32 Å². The van der Waals surface area contributed by atoms with Gasteiger partial charge in [0.2, 0.25) is 11.8 Å². The van der Waals surface area contributed by atoms with Gasteiger partial charge in [-0.15, -0.1) is 0 Å². The Labute approximate surface area is 105 Å². The highest BCUT2D eigenvalue weighted by molar-refractivity contribution is 5.85. The zero-order valence-corrected chi connectivity index (χ0v) is 9.99. The van der Waals surface area contributed by atoms with Crippen molar-refractivity contribution in [3.8, 4) is 0 Å². The van der Waals surface area contributed by atoms with Crippen LogP contribution in [0.25, 0.3) is 0 Å². The van der Waals surface area contributed by atoms with Crippen LogP contribution in [0, 0.1) is 5.82 Å². The van der Waals surface area contributed by atoms with Crippen LogP contribution >= 0.6 is 0 Å². The highest BCUT2D eigenvalue weighted by Gasteiger charge is 2.20. The van der Waals surface area contributed by atoms with Crippen LogP contribution in [0.15, 0.2) is 24.3 Å². The number of halogens is 1. The molecular formula is C13H15FN2O2. The maximum absolute atomic E-state index is 13.4. The van der Waals surface area contributed by atoms with E-state index in [4.69, 9.17) is 0 Å². The average Bonchev–Trinajstić information content (AvgIpc) is 2.37. The molecule has 0 bridgehead atoms. The lowest BCUT2D eigenvalue weighted by molar-refractivity contribution is -0.138. The number of carbonyl (C=O) groups excluding carboxylic acids is 2. The van der Waals surface area contributed by atoms with Gasteiger partial charge in [0.05, 0.1) is 6.54 Å². The molecule has 1 fully saturated rings. The summed E-state index contributed by atoms with van der Waals surface area (Å²) in [6, 6.07) is 6.42. The second-order valence-electron chi connectivity index (χ2n) is 4.26. The van der Waals surface area contributed by atoms with Crippen LogP contribution in [0.5, 0.6) is 0 Å². The molecule has 1 aromatic carbocycles. The minimum atomic E-state index is -0.290. The molecule has 0 saturated carbocycles. The molecule has 1 aliphatic heterocycles. The van der Waals surface area contributed by atoms with Crippen molar-refractivity contribution in [1.29, 1.82) is 0 Å². The quantitative estimate of drug-likeness (QED) is 0.859. The van der Waals surface area contributed by atoms with Gasteiger partial charge in [-0.05, 0) is 18.1 Å². The van der Waals surface area contributed by atoms with E-state index in [-0.39, 0.29) is 30.6 Å². The molecule has 1 heterocycles. The summed E-state index contributed by atoms with van der Waals surface area (Å²) in [4.78, 5) is 24.5. The minimum Gasteiger partial charge on any atom is -0.353 e. The topological polar surface area (TPSA) is 49.4 Å². The van der Waals surface area contributed by atoms with Gasteiger partial charge in [0, 0.05) is 19.5 Å². The highest BCUT2D eigenvalue weighted by atomic mass is 19.1. The summed E-state index contributed by atoms with van der Waals surface area (Å²) >= 11 is 0. The van der Waals surface area contributed by atoms with Gasteiger partial charge in [0.15, 0.2) is 0 Å². The zero-order chi connectivity index (χ0) is 13.0. The molecule has 0 aromatic heterocycles. The van der Waals surface area contributed by atoms with E-state index in [0.29, 0.717) is 25.1 Å². The summed E-state index contributed by atoms with van der Waals surface area (Å²) in [6.45, 7) is 1.13. The van der Waals surface area contributed by atoms with E-state index in [0.717, 1.165) is 0 Å². The van der Waals surface area contributed by atoms with Crippen LogP contribution in [0.4, 0.5) is 4.39 Å². The second kappa shape index (κ2) is 5.62. The minimum absolute atomic E-state index is 0.104. The van der Waals surface area contributed by atoms with Crippen molar-refractivity contribution in [3.05, 3.63) is 35.6 Å². The fourth-order valence-corrected chi connectivity index (χ4v) is 1.95. The Kier molecular flexibility index (Phi) is 3.92. The van der Waals surface area contributed by atoms with E-state index < -0.39 is 0 Å². The molecule has 0 radical (unpaired) electrons. The largest absolute Gasteiger partial charge is 0.353 e. The molecule has 0 atom stereocenters. The Bertz CT molecular complexity index is 462. The third kappa shape index (κ3) is 3.06. The SMILES string of the molecule is O=C1CN(C(=O)CCc2ccccc2F)CCN1. The van der Waals surface area contributed by atoms with Gasteiger partial charge < -0.3 is 10.2 Å². The van der Waals surface area contributed by atoms with Crippen molar-refractivity contribution in [2.75, 3.05) is 19.6 Å². The Morgan fingerprint density at radius 2 is 2.17 bits per heavy atom. The number of hydrogen-bond donors (Lipinski definition) is 1. The van der Waals surface area contributed by atoms with Crippen molar-refractivity contribution in [1.82, 2.24) is 10.2 Å². The van der Waals surface area contributed by atoms with E-state index in [1.165, 1.54) is 11.0 Å². The first-order valence-electron chi connectivity index (χ1n) is 5.94. The van der Waals surface area contributed by atoms with E-state index in [1.807, 2.05) is 0 Å². The van der Waals surface area contributed by atoms with Gasteiger partial charge in [0.1, 0.15) is 5.82 Å². The lowest BCUT2D eigenvalue weighted by Crippen LogP contribution is -2.50. The number of piperazine rings is 1. The number of hydrogen-bond acceptors (Lipinski definition) is 2. The summed E-state index contributed by atoms with van der Waals surface area (Å²) in [6.07, 6.45) is 0.595. The van der Waals surface area contributed by atoms with Crippen molar-refractivity contribution in [2.45, 2.75) is 12.8 Å². The summed E-state index contributed by atoms with van der Waals surface area (Å²) < 4.78 is 13.4. The van der Waals surface area contributed by atoms with Crippen LogP contribution in [0.3, 0.4) is 0 Å². The fourth-order valence-electron chi connectivity index (χ4n) is 1.95. The molecule has 0 unspecified atom stereocenters. The lowest BCUT2D eigenvalue weighted by Gasteiger charge is -2.26. The summed E-state index contributed by atoms with van der Waals surface area (Å²) in [5.74, 6) is -0.532. The first-order chi connectivity index (χ1) is 8.66. The number of carbonyl (C=O) groups is 2. The second-order valence-corrected chi connectivity index (χ2v) is 4.26. The van der Waals surface area contributed by atoms with Gasteiger partial charge in [-0.2, -0.15) is 0 Å². The molecule has 18 heavy (non-hydrogen) atoms. The molecule has 96 valence electrons. The van der Waals surface area contributed by atoms with Gasteiger partial charge in [-0.1, -0.05) is 18.2 Å². The number of nitrogens with zero attached hydrogens (tertiary/aromatic N) is 1. The third-order valence-electron chi connectivity index (χ3n) is 2.96. The molecule has 5 heteroatoms. The van der Waals surface area contributed by atoms with Gasteiger partial charge in [-0.3, -0.25) is 9.59 Å². The molecule has 1 N–H and O–H groups in total. The first kappa shape index (κ1) is 12.5. The number of amides is 2. The summed E-state index contributed by atoms with van der Waals surface area (Å²) in [5.41, 5.74) is 0.535. The Morgan fingerprint density at radius 1 is 1.39 bits per heavy atom. The van der Waals surface area contributed by atoms with E-state index in [2.05, 4.69) is 5.32 Å². The number of aryl methyl sites for hydroxylation is 1. The molecule has 2 rings (SSSR count). The number of nitrogens with one attached hydrogen (secondary N) is 1. The molecule has 2 amide bonds. The maximum atomic E-state index is 13.4. The van der Waals surface area contributed by atoms with Gasteiger partial charge >= 0.3 is 0 Å². The Hall–Kier alpha value is -1.91. The van der Waals surface area contributed by atoms with Crippen LogP contribution in [0.1, 0.15) is 12.0 Å². The van der Waals surface area contributed by atoms with E-state index in [1.54, 1.807) is 18.2 Å². The predicted molar refractivity (Wildman–Crippen MR) is 64.3 cm³/mol. The Morgan fingerprint density at radius 3 is 2.89 bits per heavy atom. The van der Waals surface area contributed by atoms with Gasteiger partial charge in [0.25, 0.3) is 0 Å². The lowest BCUT2D eigenvalue weighted by atomic mass is 10.1. The summed E-state index contributed by atoms with van der Waals surface area (Å²) in [7, 11) is 0. The predicted octanol–water partition coefficient (Wildman–Crippen LogP) is 0.717. The molecule has 1 aliphatic rings. The molecule has 4 nitrogen and oxygen atoms in total. The number of benzene rings is 1. The molecular weight excluding hydrogens is 235 g/mol. The summed E-state index contributed by atoms with van der Waals surface area (Å²) in [5, 5.41) is 2.66. The molecule has 0 aliphatic carbocycles. The van der Waals surface area contributed by atoms with Crippen molar-refractivity contribution in [3.63, 3.8) is 0 Å². The van der Waals surface area contributed by atoms with Crippen molar-refractivity contribution >= 4 is 11.8 Å². The highest BCUT2D eigenvalue weighted by Crippen LogP contribution is 2.10. The van der Waals surface area contributed by atoms with Crippen LogP contribution in [0.2, 0.25) is 0 Å². The normalized spacial score (nSPS) is 15.4. The average molecular weight is 250 g/mol. The van der Waals surface area contributed by atoms with Crippen molar-refractivity contribution in [2.24, 2.45) is 0 Å². The standard InChI is InChI=1S/C13H15FN2O2/c14-11-4-2-1-3-10(11)5-6-13(18)16-8-7-15-12(17)9-16/h1-4H,5-9H2,(H,15,17). The van der Waals surface area contributed by atoms with Crippen LogP contribution in [-0.4, -0.2) is 36.3 Å². The van der Waals surface area contributed by atoms with Gasteiger partial charge in [-0.25, -0.2) is 4.39 Å². The van der Waals surface area contributed by atoms with Crippen LogP contribution in [-0.2, 0) is 16.0 Å². The van der Waals surface area contributed by atoms with E-state index in [9.17, 15) is 14.0 Å².